The van der Waals surface area contributed by atoms with Crippen LogP contribution in [0.3, 0.4) is 0 Å². The Morgan fingerprint density at radius 1 is 1.06 bits per heavy atom. The van der Waals surface area contributed by atoms with Crippen LogP contribution in [0.2, 0.25) is 0 Å². The maximum absolute atomic E-state index is 12.5. The Balaban J connectivity index is 1.43. The van der Waals surface area contributed by atoms with Gasteiger partial charge in [0.05, 0.1) is 6.04 Å². The first-order chi connectivity index (χ1) is 14.9. The van der Waals surface area contributed by atoms with E-state index in [1.165, 1.54) is 0 Å². The average Bonchev–Trinajstić information content (AvgIpc) is 3.10. The van der Waals surface area contributed by atoms with Gasteiger partial charge in [-0.15, -0.1) is 0 Å². The smallest absolute Gasteiger partial charge is 0.313 e. The Bertz CT molecular complexity index is 1120. The van der Waals surface area contributed by atoms with Gasteiger partial charge in [-0.25, -0.2) is 0 Å². The highest BCUT2D eigenvalue weighted by Crippen LogP contribution is 2.32. The standard InChI is InChI=1S/C23H26N4O4/c1-26(2)19(17-14-27(3)18-7-5-4-6-16(17)18)13-24-22(28)23(29)25-15-8-9-20-21(12-15)31-11-10-30-20/h4-9,12,14,19H,10-11,13H2,1-3H3,(H,24,28)(H,25,29)/t19-/m0/s1. The minimum atomic E-state index is -0.730. The predicted octanol–water partition coefficient (Wildman–Crippen LogP) is 2.31. The second kappa shape index (κ2) is 8.69. The van der Waals surface area contributed by atoms with E-state index in [-0.39, 0.29) is 6.04 Å². The summed E-state index contributed by atoms with van der Waals surface area (Å²) in [6.07, 6.45) is 2.07. The first-order valence-corrected chi connectivity index (χ1v) is 10.1. The van der Waals surface area contributed by atoms with Crippen LogP contribution in [-0.4, -0.2) is 55.1 Å². The van der Waals surface area contributed by atoms with Gasteiger partial charge in [0.25, 0.3) is 0 Å². The van der Waals surface area contributed by atoms with Crippen LogP contribution in [0.5, 0.6) is 11.5 Å². The highest BCUT2D eigenvalue weighted by molar-refractivity contribution is 6.39. The number of amides is 2. The number of anilines is 1. The minimum Gasteiger partial charge on any atom is -0.486 e. The quantitative estimate of drug-likeness (QED) is 0.617. The van der Waals surface area contributed by atoms with E-state index in [4.69, 9.17) is 9.47 Å². The molecule has 1 atom stereocenters. The normalized spacial score (nSPS) is 13.8. The third-order valence-electron chi connectivity index (χ3n) is 5.37. The van der Waals surface area contributed by atoms with Gasteiger partial charge in [0.1, 0.15) is 13.2 Å². The lowest BCUT2D eigenvalue weighted by Gasteiger charge is -2.24. The molecule has 8 nitrogen and oxygen atoms in total. The van der Waals surface area contributed by atoms with Gasteiger partial charge in [0, 0.05) is 42.4 Å². The van der Waals surface area contributed by atoms with Gasteiger partial charge < -0.3 is 29.6 Å². The molecule has 4 rings (SSSR count). The maximum atomic E-state index is 12.5. The average molecular weight is 422 g/mol. The molecule has 2 heterocycles. The summed E-state index contributed by atoms with van der Waals surface area (Å²) in [5.74, 6) is -0.250. The molecule has 8 heteroatoms. The molecular weight excluding hydrogens is 396 g/mol. The number of aromatic nitrogens is 1. The Labute approximate surface area is 180 Å². The van der Waals surface area contributed by atoms with Crippen molar-refractivity contribution in [3.8, 4) is 11.5 Å². The Hall–Kier alpha value is -3.52. The van der Waals surface area contributed by atoms with E-state index < -0.39 is 11.8 Å². The van der Waals surface area contributed by atoms with Crippen LogP contribution >= 0.6 is 0 Å². The fourth-order valence-corrected chi connectivity index (χ4v) is 3.79. The van der Waals surface area contributed by atoms with Crippen molar-refractivity contribution in [1.82, 2.24) is 14.8 Å². The fourth-order valence-electron chi connectivity index (χ4n) is 3.79. The lowest BCUT2D eigenvalue weighted by molar-refractivity contribution is -0.136. The van der Waals surface area contributed by atoms with Gasteiger partial charge in [0.2, 0.25) is 0 Å². The van der Waals surface area contributed by atoms with Gasteiger partial charge in [-0.1, -0.05) is 18.2 Å². The third-order valence-corrected chi connectivity index (χ3v) is 5.37. The lowest BCUT2D eigenvalue weighted by Crippen LogP contribution is -2.40. The van der Waals surface area contributed by atoms with E-state index in [0.717, 1.165) is 16.5 Å². The van der Waals surface area contributed by atoms with Gasteiger partial charge in [0.15, 0.2) is 11.5 Å². The zero-order chi connectivity index (χ0) is 22.0. The number of benzene rings is 2. The van der Waals surface area contributed by atoms with Crippen LogP contribution in [0.4, 0.5) is 5.69 Å². The molecular formula is C23H26N4O4. The summed E-state index contributed by atoms with van der Waals surface area (Å²) >= 11 is 0. The predicted molar refractivity (Wildman–Crippen MR) is 118 cm³/mol. The van der Waals surface area contributed by atoms with Gasteiger partial charge in [-0.05, 0) is 37.9 Å². The molecule has 0 saturated heterocycles. The number of hydrogen-bond donors (Lipinski definition) is 2. The van der Waals surface area contributed by atoms with Crippen molar-refractivity contribution in [1.29, 1.82) is 0 Å². The van der Waals surface area contributed by atoms with Crippen LogP contribution in [0, 0.1) is 0 Å². The van der Waals surface area contributed by atoms with Crippen molar-refractivity contribution < 1.29 is 19.1 Å². The highest BCUT2D eigenvalue weighted by atomic mass is 16.6. The van der Waals surface area contributed by atoms with Crippen molar-refractivity contribution in [3.05, 3.63) is 54.2 Å². The topological polar surface area (TPSA) is 84.8 Å². The SMILES string of the molecule is CN(C)[C@@H](CNC(=O)C(=O)Nc1ccc2c(c1)OCCO2)c1cn(C)c2ccccc12. The second-order valence-electron chi connectivity index (χ2n) is 7.71. The first kappa shape index (κ1) is 20.7. The minimum absolute atomic E-state index is 0.0860. The molecule has 1 aliphatic heterocycles. The molecule has 31 heavy (non-hydrogen) atoms. The van der Waals surface area contributed by atoms with Crippen molar-refractivity contribution in [2.45, 2.75) is 6.04 Å². The molecule has 3 aromatic rings. The third kappa shape index (κ3) is 4.34. The number of para-hydroxylation sites is 1. The number of ether oxygens (including phenoxy) is 2. The Morgan fingerprint density at radius 2 is 1.81 bits per heavy atom. The largest absolute Gasteiger partial charge is 0.486 e. The van der Waals surface area contributed by atoms with Gasteiger partial charge >= 0.3 is 11.8 Å². The molecule has 2 amide bonds. The monoisotopic (exact) mass is 422 g/mol. The summed E-state index contributed by atoms with van der Waals surface area (Å²) < 4.78 is 13.0. The summed E-state index contributed by atoms with van der Waals surface area (Å²) in [7, 11) is 5.90. The molecule has 0 spiro atoms. The zero-order valence-electron chi connectivity index (χ0n) is 17.8. The van der Waals surface area contributed by atoms with E-state index in [2.05, 4.69) is 33.5 Å². The summed E-state index contributed by atoms with van der Waals surface area (Å²) in [4.78, 5) is 26.9. The van der Waals surface area contributed by atoms with Crippen LogP contribution in [-0.2, 0) is 16.6 Å². The molecule has 0 fully saturated rings. The number of carbonyl (C=O) groups excluding carboxylic acids is 2. The van der Waals surface area contributed by atoms with Crippen LogP contribution in [0.1, 0.15) is 11.6 Å². The van der Waals surface area contributed by atoms with E-state index in [1.54, 1.807) is 18.2 Å². The molecule has 2 aromatic carbocycles. The van der Waals surface area contributed by atoms with E-state index in [0.29, 0.717) is 36.9 Å². The number of likely N-dealkylation sites (N-methyl/N-ethyl adjacent to an activating group) is 1. The van der Waals surface area contributed by atoms with E-state index in [9.17, 15) is 9.59 Å². The molecule has 0 bridgehead atoms. The summed E-state index contributed by atoms with van der Waals surface area (Å²) in [6.45, 7) is 1.24. The molecule has 0 radical (unpaired) electrons. The first-order valence-electron chi connectivity index (χ1n) is 10.1. The number of nitrogens with one attached hydrogen (secondary N) is 2. The number of fused-ring (bicyclic) bond motifs is 2. The lowest BCUT2D eigenvalue weighted by atomic mass is 10.0. The molecule has 0 unspecified atom stereocenters. The summed E-state index contributed by atoms with van der Waals surface area (Å²) in [5, 5.41) is 6.50. The number of carbonyl (C=O) groups is 2. The number of aryl methyl sites for hydroxylation is 1. The van der Waals surface area contributed by atoms with Gasteiger partial charge in [-0.3, -0.25) is 9.59 Å². The van der Waals surface area contributed by atoms with Crippen LogP contribution in [0.25, 0.3) is 10.9 Å². The van der Waals surface area contributed by atoms with Crippen LogP contribution in [0.15, 0.2) is 48.7 Å². The molecule has 0 aliphatic carbocycles. The van der Waals surface area contributed by atoms with Crippen LogP contribution < -0.4 is 20.1 Å². The number of hydrogen-bond acceptors (Lipinski definition) is 5. The summed E-state index contributed by atoms with van der Waals surface area (Å²) in [5.41, 5.74) is 2.69. The van der Waals surface area contributed by atoms with Crippen molar-refractivity contribution in [2.75, 3.05) is 39.2 Å². The Morgan fingerprint density at radius 3 is 2.58 bits per heavy atom. The molecule has 0 saturated carbocycles. The van der Waals surface area contributed by atoms with Crippen molar-refractivity contribution in [2.24, 2.45) is 7.05 Å². The second-order valence-corrected chi connectivity index (χ2v) is 7.71. The van der Waals surface area contributed by atoms with Crippen molar-refractivity contribution in [3.63, 3.8) is 0 Å². The van der Waals surface area contributed by atoms with E-state index in [1.807, 2.05) is 38.2 Å². The van der Waals surface area contributed by atoms with Crippen molar-refractivity contribution >= 4 is 28.4 Å². The zero-order valence-corrected chi connectivity index (χ0v) is 17.8. The highest BCUT2D eigenvalue weighted by Gasteiger charge is 2.22. The fraction of sp³-hybridized carbons (Fsp3) is 0.304. The molecule has 2 N–H and O–H groups in total. The molecule has 162 valence electrons. The Kier molecular flexibility index (Phi) is 5.81. The number of rotatable bonds is 5. The summed E-state index contributed by atoms with van der Waals surface area (Å²) in [6, 6.07) is 13.1. The van der Waals surface area contributed by atoms with E-state index >= 15 is 0 Å². The maximum Gasteiger partial charge on any atom is 0.313 e. The molecule has 1 aromatic heterocycles. The van der Waals surface area contributed by atoms with Gasteiger partial charge in [-0.2, -0.15) is 0 Å². The number of nitrogens with zero attached hydrogens (tertiary/aromatic N) is 2. The molecule has 1 aliphatic rings.